The van der Waals surface area contributed by atoms with E-state index in [1.54, 1.807) is 12.3 Å². The van der Waals surface area contributed by atoms with E-state index in [2.05, 4.69) is 15.5 Å². The Bertz CT molecular complexity index is 757. The van der Waals surface area contributed by atoms with E-state index in [4.69, 9.17) is 9.47 Å². The van der Waals surface area contributed by atoms with Crippen LogP contribution in [-0.2, 0) is 16.0 Å². The molecule has 1 heterocycles. The number of halogens is 2. The normalized spacial score (nSPS) is 10.9. The van der Waals surface area contributed by atoms with Crippen molar-refractivity contribution < 1.29 is 23.0 Å². The van der Waals surface area contributed by atoms with Crippen LogP contribution in [0.3, 0.4) is 0 Å². The molecular weight excluding hydrogens is 364 g/mol. The predicted octanol–water partition coefficient (Wildman–Crippen LogP) is 3.76. The van der Waals surface area contributed by atoms with Crippen LogP contribution in [-0.4, -0.2) is 30.4 Å². The third kappa shape index (κ3) is 5.76. The standard InChI is InChI=1S/C17H19F2N3O3S/c1-3-5-25-16-13(18)6-11(7-14(16)19)9-20-22-17-21-12(10-26-17)8-15(23)24-4-2/h6-7,9-10H,3-5,8H2,1-2H3,(H,21,22). The number of esters is 1. The maximum atomic E-state index is 13.9. The first-order valence-corrected chi connectivity index (χ1v) is 8.92. The van der Waals surface area contributed by atoms with Crippen molar-refractivity contribution in [2.75, 3.05) is 18.6 Å². The molecule has 0 fully saturated rings. The molecule has 0 saturated carbocycles. The summed E-state index contributed by atoms with van der Waals surface area (Å²) in [6.07, 6.45) is 1.99. The van der Waals surface area contributed by atoms with Crippen LogP contribution in [0.4, 0.5) is 13.9 Å². The molecule has 0 aliphatic carbocycles. The Morgan fingerprint density at radius 2 is 2.08 bits per heavy atom. The number of rotatable bonds is 9. The van der Waals surface area contributed by atoms with E-state index in [1.807, 2.05) is 6.92 Å². The van der Waals surface area contributed by atoms with Crippen LogP contribution in [0.5, 0.6) is 5.75 Å². The lowest BCUT2D eigenvalue weighted by molar-refractivity contribution is -0.142. The Morgan fingerprint density at radius 1 is 1.35 bits per heavy atom. The lowest BCUT2D eigenvalue weighted by Gasteiger charge is -2.07. The van der Waals surface area contributed by atoms with E-state index >= 15 is 0 Å². The van der Waals surface area contributed by atoms with Gasteiger partial charge in [-0.2, -0.15) is 5.10 Å². The highest BCUT2D eigenvalue weighted by molar-refractivity contribution is 7.13. The van der Waals surface area contributed by atoms with Gasteiger partial charge in [0.15, 0.2) is 17.4 Å². The van der Waals surface area contributed by atoms with Crippen molar-refractivity contribution in [3.05, 3.63) is 40.4 Å². The van der Waals surface area contributed by atoms with Crippen molar-refractivity contribution in [3.63, 3.8) is 0 Å². The summed E-state index contributed by atoms with van der Waals surface area (Å²) in [5, 5.41) is 6.05. The van der Waals surface area contributed by atoms with Crippen LogP contribution < -0.4 is 10.2 Å². The second-order valence-corrected chi connectivity index (χ2v) is 6.02. The van der Waals surface area contributed by atoms with Crippen molar-refractivity contribution in [1.29, 1.82) is 0 Å². The molecule has 1 N–H and O–H groups in total. The lowest BCUT2D eigenvalue weighted by Crippen LogP contribution is -2.07. The summed E-state index contributed by atoms with van der Waals surface area (Å²) in [5.74, 6) is -2.32. The summed E-state index contributed by atoms with van der Waals surface area (Å²) in [6, 6.07) is 2.26. The van der Waals surface area contributed by atoms with Crippen LogP contribution in [0.1, 0.15) is 31.5 Å². The lowest BCUT2D eigenvalue weighted by atomic mass is 10.2. The molecule has 6 nitrogen and oxygen atoms in total. The van der Waals surface area contributed by atoms with Crippen LogP contribution in [0.2, 0.25) is 0 Å². The molecule has 0 atom stereocenters. The van der Waals surface area contributed by atoms with Gasteiger partial charge in [0.05, 0.1) is 31.5 Å². The number of hydrogen-bond donors (Lipinski definition) is 1. The minimum Gasteiger partial charge on any atom is -0.488 e. The molecule has 26 heavy (non-hydrogen) atoms. The van der Waals surface area contributed by atoms with Gasteiger partial charge in [0, 0.05) is 10.9 Å². The number of nitrogens with zero attached hydrogens (tertiary/aromatic N) is 2. The first-order valence-electron chi connectivity index (χ1n) is 8.04. The van der Waals surface area contributed by atoms with Gasteiger partial charge in [0.25, 0.3) is 0 Å². The van der Waals surface area contributed by atoms with E-state index in [0.717, 1.165) is 12.1 Å². The van der Waals surface area contributed by atoms with Gasteiger partial charge in [-0.1, -0.05) is 6.92 Å². The van der Waals surface area contributed by atoms with Gasteiger partial charge in [-0.25, -0.2) is 13.8 Å². The number of hydrazone groups is 1. The number of carbonyl (C=O) groups is 1. The minimum absolute atomic E-state index is 0.0748. The maximum absolute atomic E-state index is 13.9. The first-order chi connectivity index (χ1) is 12.5. The predicted molar refractivity (Wildman–Crippen MR) is 95.8 cm³/mol. The zero-order valence-electron chi connectivity index (χ0n) is 14.4. The molecule has 140 valence electrons. The van der Waals surface area contributed by atoms with Gasteiger partial charge in [0.1, 0.15) is 0 Å². The fourth-order valence-corrected chi connectivity index (χ4v) is 2.62. The average molecular weight is 383 g/mol. The molecule has 0 unspecified atom stereocenters. The quantitative estimate of drug-likeness (QED) is 0.405. The van der Waals surface area contributed by atoms with E-state index in [9.17, 15) is 13.6 Å². The Kier molecular flexibility index (Phi) is 7.46. The Morgan fingerprint density at radius 3 is 2.73 bits per heavy atom. The van der Waals surface area contributed by atoms with Crippen LogP contribution in [0.25, 0.3) is 0 Å². The summed E-state index contributed by atoms with van der Waals surface area (Å²) in [4.78, 5) is 15.6. The van der Waals surface area contributed by atoms with Gasteiger partial charge >= 0.3 is 5.97 Å². The molecule has 2 aromatic rings. The number of ether oxygens (including phenoxy) is 2. The van der Waals surface area contributed by atoms with Crippen LogP contribution >= 0.6 is 11.3 Å². The molecule has 0 radical (unpaired) electrons. The third-order valence-electron chi connectivity index (χ3n) is 3.03. The molecule has 0 amide bonds. The van der Waals surface area contributed by atoms with Gasteiger partial charge in [0.2, 0.25) is 5.13 Å². The van der Waals surface area contributed by atoms with Gasteiger partial charge < -0.3 is 9.47 Å². The number of nitrogens with one attached hydrogen (secondary N) is 1. The highest BCUT2D eigenvalue weighted by Crippen LogP contribution is 2.23. The number of hydrogen-bond acceptors (Lipinski definition) is 7. The molecule has 2 rings (SSSR count). The number of aromatic nitrogens is 1. The van der Waals surface area contributed by atoms with Crippen molar-refractivity contribution in [2.24, 2.45) is 5.10 Å². The van der Waals surface area contributed by atoms with Crippen LogP contribution in [0, 0.1) is 11.6 Å². The monoisotopic (exact) mass is 383 g/mol. The molecule has 1 aromatic carbocycles. The Labute approximate surface area is 153 Å². The second-order valence-electron chi connectivity index (χ2n) is 5.16. The summed E-state index contributed by atoms with van der Waals surface area (Å²) in [7, 11) is 0. The number of thiazole rings is 1. The third-order valence-corrected chi connectivity index (χ3v) is 3.82. The second kappa shape index (κ2) is 9.81. The molecule has 0 aliphatic rings. The first kappa shape index (κ1) is 19.8. The maximum Gasteiger partial charge on any atom is 0.311 e. The Balaban J connectivity index is 1.96. The zero-order valence-corrected chi connectivity index (χ0v) is 15.2. The summed E-state index contributed by atoms with van der Waals surface area (Å²) in [5.41, 5.74) is 3.45. The van der Waals surface area contributed by atoms with Crippen molar-refractivity contribution in [3.8, 4) is 5.75 Å². The number of benzene rings is 1. The smallest absolute Gasteiger partial charge is 0.311 e. The van der Waals surface area contributed by atoms with Crippen molar-refractivity contribution in [2.45, 2.75) is 26.7 Å². The van der Waals surface area contributed by atoms with Gasteiger partial charge in [-0.15, -0.1) is 11.3 Å². The molecular formula is C17H19F2N3O3S. The fourth-order valence-electron chi connectivity index (χ4n) is 1.96. The molecule has 0 spiro atoms. The molecule has 0 saturated heterocycles. The molecule has 0 aliphatic heterocycles. The van der Waals surface area contributed by atoms with Gasteiger partial charge in [-0.3, -0.25) is 10.2 Å². The average Bonchev–Trinajstić information content (AvgIpc) is 3.01. The van der Waals surface area contributed by atoms with Crippen LogP contribution in [0.15, 0.2) is 22.6 Å². The molecule has 9 heteroatoms. The number of carbonyl (C=O) groups excluding carboxylic acids is 1. The summed E-state index contributed by atoms with van der Waals surface area (Å²) in [6.45, 7) is 4.13. The number of anilines is 1. The molecule has 1 aromatic heterocycles. The van der Waals surface area contributed by atoms with E-state index < -0.39 is 11.6 Å². The summed E-state index contributed by atoms with van der Waals surface area (Å²) >= 11 is 1.25. The minimum atomic E-state index is -0.786. The van der Waals surface area contributed by atoms with E-state index in [0.29, 0.717) is 23.9 Å². The highest BCUT2D eigenvalue weighted by atomic mass is 32.1. The van der Waals surface area contributed by atoms with E-state index in [1.165, 1.54) is 17.6 Å². The van der Waals surface area contributed by atoms with Crippen molar-refractivity contribution >= 4 is 28.7 Å². The topological polar surface area (TPSA) is 72.8 Å². The largest absolute Gasteiger partial charge is 0.488 e. The van der Waals surface area contributed by atoms with E-state index in [-0.39, 0.29) is 30.3 Å². The van der Waals surface area contributed by atoms with Crippen molar-refractivity contribution in [1.82, 2.24) is 4.98 Å². The fraction of sp³-hybridized carbons (Fsp3) is 0.353. The Hall–Kier alpha value is -2.55. The van der Waals surface area contributed by atoms with Gasteiger partial charge in [-0.05, 0) is 25.5 Å². The molecule has 0 bridgehead atoms. The zero-order chi connectivity index (χ0) is 18.9. The highest BCUT2D eigenvalue weighted by Gasteiger charge is 2.12. The summed E-state index contributed by atoms with van der Waals surface area (Å²) < 4.78 is 37.6. The SMILES string of the molecule is CCCOc1c(F)cc(C=NNc2nc(CC(=O)OCC)cs2)cc1F.